The number of hydrogen-bond donors (Lipinski definition) is 2. The Labute approximate surface area is 150 Å². The van der Waals surface area contributed by atoms with E-state index in [1.807, 2.05) is 12.1 Å². The zero-order valence-electron chi connectivity index (χ0n) is 15.3. The fourth-order valence-corrected chi connectivity index (χ4v) is 4.22. The molecule has 138 valence electrons. The van der Waals surface area contributed by atoms with Crippen molar-refractivity contribution in [1.82, 2.24) is 10.3 Å². The van der Waals surface area contributed by atoms with Crippen molar-refractivity contribution in [2.75, 3.05) is 6.61 Å². The molecule has 25 heavy (non-hydrogen) atoms. The number of ether oxygens (including phenoxy) is 1. The summed E-state index contributed by atoms with van der Waals surface area (Å²) in [5, 5.41) is 14.1. The molecule has 1 saturated heterocycles. The highest BCUT2D eigenvalue weighted by atomic mass is 16.5. The van der Waals surface area contributed by atoms with Gasteiger partial charge < -0.3 is 15.2 Å². The SMILES string of the molecule is CC(C)[C@@H]1OCCC[C@H]1C(=O)NC1CCC(O)(c2cccnc2)CC1. The number of pyridine rings is 1. The van der Waals surface area contributed by atoms with Crippen LogP contribution in [0.5, 0.6) is 0 Å². The number of nitrogens with one attached hydrogen (secondary N) is 1. The van der Waals surface area contributed by atoms with Crippen molar-refractivity contribution in [2.45, 2.75) is 70.1 Å². The van der Waals surface area contributed by atoms with Gasteiger partial charge in [0, 0.05) is 30.6 Å². The van der Waals surface area contributed by atoms with Crippen molar-refractivity contribution in [3.8, 4) is 0 Å². The Morgan fingerprint density at radius 1 is 1.36 bits per heavy atom. The van der Waals surface area contributed by atoms with Crippen molar-refractivity contribution >= 4 is 5.91 Å². The molecule has 1 aliphatic carbocycles. The second-order valence-corrected chi connectivity index (χ2v) is 7.88. The smallest absolute Gasteiger partial charge is 0.225 e. The van der Waals surface area contributed by atoms with E-state index in [0.717, 1.165) is 37.9 Å². The number of rotatable bonds is 4. The summed E-state index contributed by atoms with van der Waals surface area (Å²) in [7, 11) is 0. The van der Waals surface area contributed by atoms with Gasteiger partial charge in [0.15, 0.2) is 0 Å². The maximum absolute atomic E-state index is 12.7. The highest BCUT2D eigenvalue weighted by molar-refractivity contribution is 5.79. The normalized spacial score (nSPS) is 33.2. The zero-order valence-corrected chi connectivity index (χ0v) is 15.3. The lowest BCUT2D eigenvalue weighted by Crippen LogP contribution is -2.49. The van der Waals surface area contributed by atoms with Gasteiger partial charge >= 0.3 is 0 Å². The maximum atomic E-state index is 12.7. The van der Waals surface area contributed by atoms with E-state index in [1.54, 1.807) is 12.4 Å². The molecular weight excluding hydrogens is 316 g/mol. The van der Waals surface area contributed by atoms with Gasteiger partial charge in [0.2, 0.25) is 5.91 Å². The van der Waals surface area contributed by atoms with Crippen LogP contribution in [0.3, 0.4) is 0 Å². The first-order valence-corrected chi connectivity index (χ1v) is 9.54. The first-order valence-electron chi connectivity index (χ1n) is 9.54. The van der Waals surface area contributed by atoms with Crippen LogP contribution in [0.2, 0.25) is 0 Å². The monoisotopic (exact) mass is 346 g/mol. The molecule has 2 fully saturated rings. The molecule has 5 heteroatoms. The molecule has 5 nitrogen and oxygen atoms in total. The molecule has 1 amide bonds. The van der Waals surface area contributed by atoms with E-state index in [9.17, 15) is 9.90 Å². The number of hydrogen-bond acceptors (Lipinski definition) is 4. The standard InChI is InChI=1S/C20H30N2O3/c1-14(2)18-17(6-4-12-25-18)19(23)22-16-7-9-20(24,10-8-16)15-5-3-11-21-13-15/h3,5,11,13-14,16-18,24H,4,6-10,12H2,1-2H3,(H,22,23)/t16?,17-,18+,20?/m1/s1. The lowest BCUT2D eigenvalue weighted by molar-refractivity contribution is -0.138. The lowest BCUT2D eigenvalue weighted by atomic mass is 9.78. The first-order chi connectivity index (χ1) is 12.0. The minimum atomic E-state index is -0.816. The van der Waals surface area contributed by atoms with E-state index in [0.29, 0.717) is 18.8 Å². The van der Waals surface area contributed by atoms with E-state index in [2.05, 4.69) is 24.1 Å². The molecule has 0 bridgehead atoms. The molecule has 0 spiro atoms. The van der Waals surface area contributed by atoms with Crippen molar-refractivity contribution in [3.63, 3.8) is 0 Å². The van der Waals surface area contributed by atoms with E-state index in [4.69, 9.17) is 4.74 Å². The van der Waals surface area contributed by atoms with Crippen LogP contribution in [0.25, 0.3) is 0 Å². The Morgan fingerprint density at radius 3 is 2.76 bits per heavy atom. The van der Waals surface area contributed by atoms with Crippen LogP contribution >= 0.6 is 0 Å². The van der Waals surface area contributed by atoms with Crippen LogP contribution in [0.15, 0.2) is 24.5 Å². The van der Waals surface area contributed by atoms with Crippen LogP contribution in [0.4, 0.5) is 0 Å². The maximum Gasteiger partial charge on any atom is 0.225 e. The summed E-state index contributed by atoms with van der Waals surface area (Å²) in [6.45, 7) is 4.99. The van der Waals surface area contributed by atoms with Gasteiger partial charge in [-0.05, 0) is 50.5 Å². The molecule has 1 aromatic rings. The predicted molar refractivity (Wildman–Crippen MR) is 95.8 cm³/mol. The Balaban J connectivity index is 1.56. The van der Waals surface area contributed by atoms with E-state index in [-0.39, 0.29) is 24.0 Å². The molecule has 0 radical (unpaired) electrons. The Kier molecular flexibility index (Phi) is 5.74. The van der Waals surface area contributed by atoms with E-state index < -0.39 is 5.60 Å². The highest BCUT2D eigenvalue weighted by Crippen LogP contribution is 2.37. The molecule has 3 rings (SSSR count). The van der Waals surface area contributed by atoms with Gasteiger partial charge in [0.25, 0.3) is 0 Å². The van der Waals surface area contributed by atoms with Crippen LogP contribution < -0.4 is 5.32 Å². The number of amides is 1. The Bertz CT molecular complexity index is 568. The second kappa shape index (κ2) is 7.83. The molecule has 2 N–H and O–H groups in total. The largest absolute Gasteiger partial charge is 0.385 e. The number of carbonyl (C=O) groups excluding carboxylic acids is 1. The zero-order chi connectivity index (χ0) is 17.9. The highest BCUT2D eigenvalue weighted by Gasteiger charge is 2.38. The molecule has 1 saturated carbocycles. The quantitative estimate of drug-likeness (QED) is 0.879. The van der Waals surface area contributed by atoms with Gasteiger partial charge in [-0.3, -0.25) is 9.78 Å². The van der Waals surface area contributed by atoms with Crippen LogP contribution in [0, 0.1) is 11.8 Å². The fourth-order valence-electron chi connectivity index (χ4n) is 4.22. The lowest BCUT2D eigenvalue weighted by Gasteiger charge is -2.38. The third kappa shape index (κ3) is 4.21. The van der Waals surface area contributed by atoms with Gasteiger partial charge in [-0.1, -0.05) is 19.9 Å². The summed E-state index contributed by atoms with van der Waals surface area (Å²) >= 11 is 0. The van der Waals surface area contributed by atoms with Gasteiger partial charge in [-0.2, -0.15) is 0 Å². The molecule has 1 aliphatic heterocycles. The van der Waals surface area contributed by atoms with Crippen molar-refractivity contribution in [2.24, 2.45) is 11.8 Å². The minimum absolute atomic E-state index is 0.0182. The first kappa shape index (κ1) is 18.3. The average Bonchev–Trinajstić information content (AvgIpc) is 2.64. The van der Waals surface area contributed by atoms with Crippen molar-refractivity contribution in [3.05, 3.63) is 30.1 Å². The van der Waals surface area contributed by atoms with E-state index in [1.165, 1.54) is 0 Å². The van der Waals surface area contributed by atoms with Crippen LogP contribution in [-0.2, 0) is 15.1 Å². The van der Waals surface area contributed by atoms with Gasteiger partial charge in [0.1, 0.15) is 0 Å². The van der Waals surface area contributed by atoms with Crippen molar-refractivity contribution in [1.29, 1.82) is 0 Å². The molecule has 0 unspecified atom stereocenters. The Hall–Kier alpha value is -1.46. The molecule has 2 atom stereocenters. The summed E-state index contributed by atoms with van der Waals surface area (Å²) < 4.78 is 5.85. The number of carbonyl (C=O) groups is 1. The predicted octanol–water partition coefficient (Wildman–Crippen LogP) is 2.78. The molecule has 1 aromatic heterocycles. The molecule has 0 aromatic carbocycles. The van der Waals surface area contributed by atoms with Crippen LogP contribution in [-0.4, -0.2) is 34.8 Å². The number of nitrogens with zero attached hydrogens (tertiary/aromatic N) is 1. The minimum Gasteiger partial charge on any atom is -0.385 e. The summed E-state index contributed by atoms with van der Waals surface area (Å²) in [4.78, 5) is 16.9. The molecule has 2 aliphatic rings. The third-order valence-corrected chi connectivity index (χ3v) is 5.72. The van der Waals surface area contributed by atoms with Gasteiger partial charge in [-0.15, -0.1) is 0 Å². The average molecular weight is 346 g/mol. The number of aliphatic hydroxyl groups is 1. The summed E-state index contributed by atoms with van der Waals surface area (Å²) in [6.07, 6.45) is 8.21. The summed E-state index contributed by atoms with van der Waals surface area (Å²) in [5.41, 5.74) is 0.0597. The summed E-state index contributed by atoms with van der Waals surface area (Å²) in [5.74, 6) is 0.418. The third-order valence-electron chi connectivity index (χ3n) is 5.72. The summed E-state index contributed by atoms with van der Waals surface area (Å²) in [6, 6.07) is 3.92. The van der Waals surface area contributed by atoms with E-state index >= 15 is 0 Å². The number of aromatic nitrogens is 1. The fraction of sp³-hybridized carbons (Fsp3) is 0.700. The molecular formula is C20H30N2O3. The van der Waals surface area contributed by atoms with Gasteiger partial charge in [-0.25, -0.2) is 0 Å². The second-order valence-electron chi connectivity index (χ2n) is 7.88. The van der Waals surface area contributed by atoms with Crippen molar-refractivity contribution < 1.29 is 14.6 Å². The van der Waals surface area contributed by atoms with Crippen LogP contribution in [0.1, 0.15) is 57.9 Å². The van der Waals surface area contributed by atoms with Gasteiger partial charge in [0.05, 0.1) is 17.6 Å². The molecule has 2 heterocycles. The topological polar surface area (TPSA) is 71.5 Å². The Morgan fingerprint density at radius 2 is 2.12 bits per heavy atom.